The fraction of sp³-hybridized carbons (Fsp3) is 0.643. The van der Waals surface area contributed by atoms with Gasteiger partial charge < -0.3 is 5.32 Å². The van der Waals surface area contributed by atoms with Crippen molar-refractivity contribution < 1.29 is 4.79 Å². The maximum atomic E-state index is 11.8. The first-order valence-electron chi connectivity index (χ1n) is 6.90. The molecule has 18 heavy (non-hydrogen) atoms. The third-order valence-corrected chi connectivity index (χ3v) is 4.84. The monoisotopic (exact) mass is 264 g/mol. The highest BCUT2D eigenvalue weighted by molar-refractivity contribution is 7.10. The molecule has 1 saturated heterocycles. The fourth-order valence-electron chi connectivity index (χ4n) is 2.63. The predicted molar refractivity (Wildman–Crippen MR) is 73.6 cm³/mol. The zero-order valence-electron chi connectivity index (χ0n) is 10.6. The molecule has 1 unspecified atom stereocenters. The van der Waals surface area contributed by atoms with Gasteiger partial charge in [0.2, 0.25) is 5.91 Å². The summed E-state index contributed by atoms with van der Waals surface area (Å²) in [5.74, 6) is 0.573. The summed E-state index contributed by atoms with van der Waals surface area (Å²) < 4.78 is 0. The summed E-state index contributed by atoms with van der Waals surface area (Å²) >= 11 is 1.80. The summed E-state index contributed by atoms with van der Waals surface area (Å²) in [6.07, 6.45) is 4.75. The Morgan fingerprint density at radius 3 is 2.83 bits per heavy atom. The van der Waals surface area contributed by atoms with Crippen LogP contribution in [0.2, 0.25) is 0 Å². The molecule has 2 aliphatic rings. The quantitative estimate of drug-likeness (QED) is 0.886. The summed E-state index contributed by atoms with van der Waals surface area (Å²) in [7, 11) is 0. The molecule has 3 rings (SSSR count). The molecule has 4 heteroatoms. The lowest BCUT2D eigenvalue weighted by atomic mass is 10.2. The Hall–Kier alpha value is -0.870. The van der Waals surface area contributed by atoms with E-state index in [9.17, 15) is 4.79 Å². The molecule has 0 spiro atoms. The van der Waals surface area contributed by atoms with E-state index in [4.69, 9.17) is 0 Å². The molecule has 98 valence electrons. The van der Waals surface area contributed by atoms with Crippen molar-refractivity contribution in [2.24, 2.45) is 5.92 Å². The van der Waals surface area contributed by atoms with Gasteiger partial charge in [0, 0.05) is 17.3 Å². The van der Waals surface area contributed by atoms with Gasteiger partial charge in [-0.05, 0) is 50.2 Å². The number of nitrogens with one attached hydrogen (secondary N) is 1. The number of carbonyl (C=O) groups excluding carboxylic acids is 1. The number of thiophene rings is 1. The van der Waals surface area contributed by atoms with Crippen molar-refractivity contribution >= 4 is 17.2 Å². The Morgan fingerprint density at radius 2 is 2.22 bits per heavy atom. The topological polar surface area (TPSA) is 32.3 Å². The van der Waals surface area contributed by atoms with E-state index in [1.807, 2.05) is 0 Å². The van der Waals surface area contributed by atoms with Crippen LogP contribution in [-0.4, -0.2) is 30.4 Å². The van der Waals surface area contributed by atoms with Gasteiger partial charge >= 0.3 is 0 Å². The molecule has 0 aromatic carbocycles. The van der Waals surface area contributed by atoms with Crippen molar-refractivity contribution in [3.8, 4) is 0 Å². The minimum absolute atomic E-state index is 0.260. The van der Waals surface area contributed by atoms with Gasteiger partial charge in [-0.25, -0.2) is 0 Å². The number of hydrogen-bond donors (Lipinski definition) is 1. The first-order valence-corrected chi connectivity index (χ1v) is 7.78. The molecule has 1 aromatic rings. The highest BCUT2D eigenvalue weighted by Gasteiger charge is 2.31. The highest BCUT2D eigenvalue weighted by atomic mass is 32.1. The Balaban J connectivity index is 1.63. The van der Waals surface area contributed by atoms with Crippen LogP contribution < -0.4 is 5.32 Å². The van der Waals surface area contributed by atoms with Gasteiger partial charge in [0.25, 0.3) is 0 Å². The molecule has 1 saturated carbocycles. The van der Waals surface area contributed by atoms with Gasteiger partial charge in [-0.2, -0.15) is 0 Å². The summed E-state index contributed by atoms with van der Waals surface area (Å²) in [6, 6.07) is 4.68. The summed E-state index contributed by atoms with van der Waals surface area (Å²) in [5, 5.41) is 5.26. The Bertz CT molecular complexity index is 394. The number of carbonyl (C=O) groups is 1. The van der Waals surface area contributed by atoms with Crippen LogP contribution in [0.1, 0.15) is 36.6 Å². The van der Waals surface area contributed by atoms with Crippen LogP contribution in [0.15, 0.2) is 17.5 Å². The van der Waals surface area contributed by atoms with Crippen molar-refractivity contribution in [1.82, 2.24) is 10.2 Å². The van der Waals surface area contributed by atoms with Gasteiger partial charge in [-0.3, -0.25) is 9.69 Å². The first-order chi connectivity index (χ1) is 8.84. The molecule has 2 heterocycles. The Morgan fingerprint density at radius 1 is 1.44 bits per heavy atom. The molecule has 0 bridgehead atoms. The lowest BCUT2D eigenvalue weighted by molar-refractivity contribution is -0.122. The van der Waals surface area contributed by atoms with Crippen LogP contribution in [-0.2, 0) is 4.79 Å². The number of nitrogens with zero attached hydrogens (tertiary/aromatic N) is 1. The zero-order valence-corrected chi connectivity index (χ0v) is 11.4. The third-order valence-electron chi connectivity index (χ3n) is 3.87. The molecule has 1 amide bonds. The fourth-order valence-corrected chi connectivity index (χ4v) is 3.49. The van der Waals surface area contributed by atoms with Crippen LogP contribution in [0.4, 0.5) is 0 Å². The summed E-state index contributed by atoms with van der Waals surface area (Å²) in [6.45, 7) is 3.11. The second kappa shape index (κ2) is 5.41. The van der Waals surface area contributed by atoms with Crippen molar-refractivity contribution in [3.63, 3.8) is 0 Å². The number of likely N-dealkylation sites (tertiary alicyclic amines) is 1. The maximum Gasteiger partial charge on any atom is 0.223 e. The molecule has 0 radical (unpaired) electrons. The van der Waals surface area contributed by atoms with E-state index >= 15 is 0 Å². The largest absolute Gasteiger partial charge is 0.354 e. The highest BCUT2D eigenvalue weighted by Crippen LogP contribution is 2.30. The standard InChI is InChI=1S/C14H20N2OS/c17-14(11-5-6-11)15-10-12(13-4-3-9-18-13)16-7-1-2-8-16/h3-4,9,11-12H,1-2,5-8,10H2,(H,15,17). The predicted octanol–water partition coefficient (Wildman–Crippen LogP) is 2.41. The van der Waals surface area contributed by atoms with E-state index in [2.05, 4.69) is 27.7 Å². The summed E-state index contributed by atoms with van der Waals surface area (Å²) in [5.41, 5.74) is 0. The molecular formula is C14H20N2OS. The van der Waals surface area contributed by atoms with Gasteiger partial charge in [0.15, 0.2) is 0 Å². The van der Waals surface area contributed by atoms with Crippen LogP contribution in [0.3, 0.4) is 0 Å². The van der Waals surface area contributed by atoms with Gasteiger partial charge in [0.05, 0.1) is 6.04 Å². The van der Waals surface area contributed by atoms with E-state index < -0.39 is 0 Å². The van der Waals surface area contributed by atoms with Crippen molar-refractivity contribution in [1.29, 1.82) is 0 Å². The van der Waals surface area contributed by atoms with Gasteiger partial charge in [-0.1, -0.05) is 6.07 Å². The van der Waals surface area contributed by atoms with E-state index in [1.54, 1.807) is 11.3 Å². The Labute approximate surface area is 112 Å². The molecule has 2 fully saturated rings. The first kappa shape index (κ1) is 12.2. The van der Waals surface area contributed by atoms with Crippen molar-refractivity contribution in [2.45, 2.75) is 31.7 Å². The third kappa shape index (κ3) is 2.75. The maximum absolute atomic E-state index is 11.8. The van der Waals surface area contributed by atoms with Crippen molar-refractivity contribution in [2.75, 3.05) is 19.6 Å². The normalized spacial score (nSPS) is 22.0. The smallest absolute Gasteiger partial charge is 0.223 e. The second-order valence-electron chi connectivity index (χ2n) is 5.29. The molecule has 1 N–H and O–H groups in total. The molecule has 1 aliphatic heterocycles. The molecule has 1 aromatic heterocycles. The van der Waals surface area contributed by atoms with Crippen LogP contribution >= 0.6 is 11.3 Å². The minimum Gasteiger partial charge on any atom is -0.354 e. The van der Waals surface area contributed by atoms with E-state index in [1.165, 1.54) is 30.8 Å². The molecule has 3 nitrogen and oxygen atoms in total. The average Bonchev–Trinajstić information content (AvgIpc) is 2.89. The average molecular weight is 264 g/mol. The van der Waals surface area contributed by atoms with Crippen LogP contribution in [0, 0.1) is 5.92 Å². The summed E-state index contributed by atoms with van der Waals surface area (Å²) in [4.78, 5) is 15.7. The van der Waals surface area contributed by atoms with E-state index in [0.717, 1.165) is 19.4 Å². The molecule has 1 atom stereocenters. The molecular weight excluding hydrogens is 244 g/mol. The van der Waals surface area contributed by atoms with Crippen molar-refractivity contribution in [3.05, 3.63) is 22.4 Å². The molecule has 1 aliphatic carbocycles. The lowest BCUT2D eigenvalue weighted by Gasteiger charge is -2.26. The number of hydrogen-bond acceptors (Lipinski definition) is 3. The number of amides is 1. The SMILES string of the molecule is O=C(NCC(c1cccs1)N1CCCC1)C1CC1. The van der Waals surface area contributed by atoms with E-state index in [0.29, 0.717) is 12.0 Å². The second-order valence-corrected chi connectivity index (χ2v) is 6.27. The van der Waals surface area contributed by atoms with Gasteiger partial charge in [-0.15, -0.1) is 11.3 Å². The van der Waals surface area contributed by atoms with Crippen LogP contribution in [0.25, 0.3) is 0 Å². The minimum atomic E-state index is 0.260. The number of rotatable bonds is 5. The van der Waals surface area contributed by atoms with Crippen LogP contribution in [0.5, 0.6) is 0 Å². The lowest BCUT2D eigenvalue weighted by Crippen LogP contribution is -2.37. The van der Waals surface area contributed by atoms with Gasteiger partial charge in [0.1, 0.15) is 0 Å². The zero-order chi connectivity index (χ0) is 12.4. The Kier molecular flexibility index (Phi) is 3.66. The van der Waals surface area contributed by atoms with E-state index in [-0.39, 0.29) is 5.91 Å².